The lowest BCUT2D eigenvalue weighted by molar-refractivity contribution is 0.669. The summed E-state index contributed by atoms with van der Waals surface area (Å²) in [5, 5.41) is 4.64. The third kappa shape index (κ3) is 2.74. The zero-order valence-electron chi connectivity index (χ0n) is 22.4. The number of imidazole rings is 2. The van der Waals surface area contributed by atoms with Crippen LogP contribution in [0.15, 0.2) is 138 Å². The molecule has 0 fully saturated rings. The molecule has 0 spiro atoms. The van der Waals surface area contributed by atoms with Gasteiger partial charge in [-0.1, -0.05) is 66.7 Å². The predicted molar refractivity (Wildman–Crippen MR) is 171 cm³/mol. The van der Waals surface area contributed by atoms with Gasteiger partial charge in [-0.15, -0.1) is 0 Å². The third-order valence-corrected chi connectivity index (χ3v) is 8.64. The molecule has 0 unspecified atom stereocenters. The predicted octanol–water partition coefficient (Wildman–Crippen LogP) is 9.43. The molecule has 42 heavy (non-hydrogen) atoms. The van der Waals surface area contributed by atoms with Gasteiger partial charge >= 0.3 is 0 Å². The van der Waals surface area contributed by atoms with E-state index < -0.39 is 0 Å². The first-order chi connectivity index (χ1) is 20.8. The molecule has 196 valence electrons. The number of rotatable bonds is 2. The van der Waals surface area contributed by atoms with Gasteiger partial charge in [0.1, 0.15) is 11.2 Å². The number of furan rings is 1. The van der Waals surface area contributed by atoms with Crippen molar-refractivity contribution in [2.75, 3.05) is 0 Å². The highest BCUT2D eigenvalue weighted by Gasteiger charge is 2.21. The van der Waals surface area contributed by atoms with E-state index in [1.807, 2.05) is 12.1 Å². The second-order valence-corrected chi connectivity index (χ2v) is 10.9. The quantitative estimate of drug-likeness (QED) is 0.220. The molecule has 0 saturated carbocycles. The molecule has 10 rings (SSSR count). The Morgan fingerprint density at radius 3 is 2.07 bits per heavy atom. The summed E-state index contributed by atoms with van der Waals surface area (Å²) in [6, 6.07) is 47.0. The van der Waals surface area contributed by atoms with E-state index in [1.165, 1.54) is 10.8 Å². The number of nitrogens with zero attached hydrogens (tertiary/aromatic N) is 4. The minimum atomic E-state index is 0.897. The second-order valence-electron chi connectivity index (χ2n) is 10.9. The van der Waals surface area contributed by atoms with Crippen LogP contribution in [0.2, 0.25) is 0 Å². The molecule has 0 amide bonds. The topological polar surface area (TPSA) is 40.3 Å². The number of hydrogen-bond donors (Lipinski definition) is 0. The average Bonchev–Trinajstić information content (AvgIpc) is 3.77. The van der Waals surface area contributed by atoms with E-state index in [4.69, 9.17) is 9.40 Å². The van der Waals surface area contributed by atoms with Crippen LogP contribution in [-0.4, -0.2) is 18.5 Å². The molecule has 10 aromatic rings. The fraction of sp³-hybridized carbons (Fsp3) is 0. The zero-order valence-corrected chi connectivity index (χ0v) is 22.4. The summed E-state index contributed by atoms with van der Waals surface area (Å²) >= 11 is 0. The smallest absolute Gasteiger partial charge is 0.220 e. The van der Waals surface area contributed by atoms with Crippen LogP contribution in [0.3, 0.4) is 0 Å². The molecule has 0 aliphatic carbocycles. The van der Waals surface area contributed by atoms with Gasteiger partial charge < -0.3 is 8.98 Å². The summed E-state index contributed by atoms with van der Waals surface area (Å²) in [5.41, 5.74) is 10.7. The molecule has 0 saturated heterocycles. The highest BCUT2D eigenvalue weighted by molar-refractivity contribution is 6.14. The molecule has 5 nitrogen and oxygen atoms in total. The first-order valence-electron chi connectivity index (χ1n) is 14.2. The summed E-state index contributed by atoms with van der Waals surface area (Å²) in [6.07, 6.45) is 0. The van der Waals surface area contributed by atoms with Gasteiger partial charge in [0.2, 0.25) is 5.78 Å². The van der Waals surface area contributed by atoms with Gasteiger partial charge in [0.25, 0.3) is 0 Å². The van der Waals surface area contributed by atoms with Gasteiger partial charge in [0.15, 0.2) is 0 Å². The van der Waals surface area contributed by atoms with Crippen molar-refractivity contribution in [1.82, 2.24) is 18.5 Å². The van der Waals surface area contributed by atoms with Crippen LogP contribution in [0.25, 0.3) is 83.0 Å². The Balaban J connectivity index is 1.34. The third-order valence-electron chi connectivity index (χ3n) is 8.64. The van der Waals surface area contributed by atoms with Crippen LogP contribution in [-0.2, 0) is 0 Å². The molecule has 5 heteroatoms. The molecule has 0 aliphatic heterocycles. The second kappa shape index (κ2) is 7.89. The molecule has 0 atom stereocenters. The lowest BCUT2D eigenvalue weighted by Gasteiger charge is -2.10. The molecule has 6 aromatic carbocycles. The SMILES string of the molecule is c1ccc2c(c1)nc1n(-c3cccc4c3c3ccccc3n4-c3ccc4oc5ccccc5c4c3)c3ccccc3n21. The minimum absolute atomic E-state index is 0.897. The van der Waals surface area contributed by atoms with Crippen LogP contribution in [0.1, 0.15) is 0 Å². The van der Waals surface area contributed by atoms with Gasteiger partial charge in [-0.2, -0.15) is 0 Å². The van der Waals surface area contributed by atoms with Crippen LogP contribution in [0, 0.1) is 0 Å². The molecular weight excluding hydrogens is 516 g/mol. The molecular formula is C37H22N4O. The molecule has 0 N–H and O–H groups in total. The summed E-state index contributed by atoms with van der Waals surface area (Å²) < 4.78 is 13.1. The van der Waals surface area contributed by atoms with Crippen molar-refractivity contribution >= 4 is 71.6 Å². The first kappa shape index (κ1) is 21.9. The standard InChI is InChI=1S/C37H22N4O/c1-4-13-28-25(11-1)36-32(39(28)23-20-21-35-26(22-23)24-10-2-8-19-34(24)42-35)17-9-18-33(36)41-31-16-7-6-15-30(31)40-29-14-5-3-12-27(29)38-37(40)41/h1-22H. The van der Waals surface area contributed by atoms with Crippen LogP contribution in [0.4, 0.5) is 0 Å². The van der Waals surface area contributed by atoms with Crippen LogP contribution in [0.5, 0.6) is 0 Å². The van der Waals surface area contributed by atoms with Crippen molar-refractivity contribution < 1.29 is 4.42 Å². The summed E-state index contributed by atoms with van der Waals surface area (Å²) in [6.45, 7) is 0. The maximum Gasteiger partial charge on any atom is 0.220 e. The van der Waals surface area contributed by atoms with Gasteiger partial charge in [0, 0.05) is 27.2 Å². The number of aromatic nitrogens is 4. The summed E-state index contributed by atoms with van der Waals surface area (Å²) in [5.74, 6) is 0.910. The van der Waals surface area contributed by atoms with Crippen molar-refractivity contribution in [1.29, 1.82) is 0 Å². The number of benzene rings is 6. The Bertz CT molecular complexity index is 2700. The van der Waals surface area contributed by atoms with Crippen LogP contribution < -0.4 is 0 Å². The summed E-state index contributed by atoms with van der Waals surface area (Å²) in [7, 11) is 0. The monoisotopic (exact) mass is 538 g/mol. The van der Waals surface area contributed by atoms with E-state index in [1.54, 1.807) is 0 Å². The summed E-state index contributed by atoms with van der Waals surface area (Å²) in [4.78, 5) is 5.15. The van der Waals surface area contributed by atoms with E-state index in [0.717, 1.165) is 72.2 Å². The molecule has 0 aliphatic rings. The zero-order chi connectivity index (χ0) is 27.4. The van der Waals surface area contributed by atoms with E-state index in [0.29, 0.717) is 0 Å². The largest absolute Gasteiger partial charge is 0.456 e. The highest BCUT2D eigenvalue weighted by atomic mass is 16.3. The van der Waals surface area contributed by atoms with Crippen LogP contribution >= 0.6 is 0 Å². The molecule has 0 bridgehead atoms. The van der Waals surface area contributed by atoms with Crippen molar-refractivity contribution in [2.45, 2.75) is 0 Å². The van der Waals surface area contributed by atoms with Gasteiger partial charge in [-0.05, 0) is 66.7 Å². The Kier molecular flexibility index (Phi) is 4.12. The average molecular weight is 539 g/mol. The van der Waals surface area contributed by atoms with Gasteiger partial charge in [-0.3, -0.25) is 8.97 Å². The fourth-order valence-electron chi connectivity index (χ4n) is 6.91. The van der Waals surface area contributed by atoms with Crippen molar-refractivity contribution in [3.8, 4) is 11.4 Å². The molecule has 0 radical (unpaired) electrons. The van der Waals surface area contributed by atoms with Gasteiger partial charge in [0.05, 0.1) is 38.8 Å². The van der Waals surface area contributed by atoms with E-state index >= 15 is 0 Å². The molecule has 4 heterocycles. The highest BCUT2D eigenvalue weighted by Crippen LogP contribution is 2.39. The fourth-order valence-corrected chi connectivity index (χ4v) is 6.91. The first-order valence-corrected chi connectivity index (χ1v) is 14.2. The Morgan fingerprint density at radius 1 is 0.476 bits per heavy atom. The Morgan fingerprint density at radius 2 is 1.17 bits per heavy atom. The van der Waals surface area contributed by atoms with E-state index in [-0.39, 0.29) is 0 Å². The Hall–Kier alpha value is -5.81. The van der Waals surface area contributed by atoms with Crippen molar-refractivity contribution in [3.63, 3.8) is 0 Å². The molecule has 4 aromatic heterocycles. The number of fused-ring (bicyclic) bond motifs is 11. The lowest BCUT2D eigenvalue weighted by atomic mass is 10.1. The minimum Gasteiger partial charge on any atom is -0.456 e. The van der Waals surface area contributed by atoms with E-state index in [2.05, 4.69) is 135 Å². The lowest BCUT2D eigenvalue weighted by Crippen LogP contribution is -1.97. The van der Waals surface area contributed by atoms with Gasteiger partial charge in [-0.25, -0.2) is 4.98 Å². The maximum absolute atomic E-state index is 6.15. The van der Waals surface area contributed by atoms with Crippen molar-refractivity contribution in [3.05, 3.63) is 133 Å². The normalized spacial score (nSPS) is 12.3. The number of hydrogen-bond acceptors (Lipinski definition) is 2. The van der Waals surface area contributed by atoms with E-state index in [9.17, 15) is 0 Å². The van der Waals surface area contributed by atoms with Crippen molar-refractivity contribution in [2.24, 2.45) is 0 Å². The number of para-hydroxylation sites is 6. The maximum atomic E-state index is 6.15. The Labute approximate surface area is 239 Å².